The molecule has 23 heavy (non-hydrogen) atoms. The molecule has 0 aliphatic carbocycles. The molecule has 1 aromatic rings. The van der Waals surface area contributed by atoms with Crippen molar-refractivity contribution in [3.05, 3.63) is 35.4 Å². The average molecular weight is 317 g/mol. The minimum atomic E-state index is -0.389. The molecule has 1 aliphatic rings. The number of amides is 1. The lowest BCUT2D eigenvalue weighted by molar-refractivity contribution is -0.122. The molecule has 0 aromatic heterocycles. The normalized spacial score (nSPS) is 20.2. The molecule has 2 atom stereocenters. The Morgan fingerprint density at radius 3 is 2.65 bits per heavy atom. The highest BCUT2D eigenvalue weighted by atomic mass is 16.2. The molecule has 0 saturated carbocycles. The van der Waals surface area contributed by atoms with Crippen LogP contribution in [0.15, 0.2) is 24.3 Å². The van der Waals surface area contributed by atoms with E-state index in [0.29, 0.717) is 12.6 Å². The first-order chi connectivity index (χ1) is 11.1. The van der Waals surface area contributed by atoms with Crippen LogP contribution in [-0.4, -0.2) is 29.4 Å². The molecule has 1 aliphatic heterocycles. The number of rotatable bonds is 7. The van der Waals surface area contributed by atoms with E-state index < -0.39 is 0 Å². The van der Waals surface area contributed by atoms with Gasteiger partial charge in [0.2, 0.25) is 5.91 Å². The van der Waals surface area contributed by atoms with E-state index in [0.717, 1.165) is 24.9 Å². The number of nitrogens with zero attached hydrogens (tertiary/aromatic N) is 1. The van der Waals surface area contributed by atoms with Gasteiger partial charge in [-0.25, -0.2) is 0 Å². The quantitative estimate of drug-likeness (QED) is 0.813. The molecule has 0 radical (unpaired) electrons. The van der Waals surface area contributed by atoms with E-state index >= 15 is 0 Å². The van der Waals surface area contributed by atoms with Crippen LogP contribution in [0.3, 0.4) is 0 Å². The van der Waals surface area contributed by atoms with Crippen molar-refractivity contribution in [2.75, 3.05) is 6.54 Å². The number of piperidine rings is 1. The first kappa shape index (κ1) is 18.0. The Bertz CT molecular complexity index is 486. The Labute approximate surface area is 140 Å². The lowest BCUT2D eigenvalue weighted by atomic mass is 10.0. The van der Waals surface area contributed by atoms with Crippen LogP contribution in [0.1, 0.15) is 57.1 Å². The van der Waals surface area contributed by atoms with Crippen molar-refractivity contribution in [2.45, 2.75) is 71.1 Å². The van der Waals surface area contributed by atoms with Gasteiger partial charge in [-0.05, 0) is 43.9 Å². The molecular weight excluding hydrogens is 286 g/mol. The van der Waals surface area contributed by atoms with Gasteiger partial charge in [0.05, 0.1) is 6.04 Å². The van der Waals surface area contributed by atoms with Crippen molar-refractivity contribution in [1.29, 1.82) is 0 Å². The van der Waals surface area contributed by atoms with Gasteiger partial charge in [-0.2, -0.15) is 0 Å². The summed E-state index contributed by atoms with van der Waals surface area (Å²) >= 11 is 0. The standard InChI is InChI=1S/C19H31N3O/c1-3-6-18(20)19(23)21-13-16-8-10-17(11-9-16)14-22-12-5-4-7-15(22)2/h8-11,15,18H,3-7,12-14,20H2,1-2H3,(H,21,23). The number of carbonyl (C=O) groups is 1. The Kier molecular flexibility index (Phi) is 7.06. The highest BCUT2D eigenvalue weighted by molar-refractivity contribution is 5.81. The number of nitrogens with one attached hydrogen (secondary N) is 1. The fraction of sp³-hybridized carbons (Fsp3) is 0.632. The van der Waals surface area contributed by atoms with Gasteiger partial charge in [-0.15, -0.1) is 0 Å². The number of nitrogens with two attached hydrogens (primary N) is 1. The van der Waals surface area contributed by atoms with E-state index in [1.807, 2.05) is 6.92 Å². The van der Waals surface area contributed by atoms with Crippen LogP contribution in [0, 0.1) is 0 Å². The van der Waals surface area contributed by atoms with Gasteiger partial charge in [0.25, 0.3) is 0 Å². The van der Waals surface area contributed by atoms with Crippen LogP contribution in [-0.2, 0) is 17.9 Å². The summed E-state index contributed by atoms with van der Waals surface area (Å²) in [7, 11) is 0. The predicted molar refractivity (Wildman–Crippen MR) is 94.9 cm³/mol. The second kappa shape index (κ2) is 9.04. The fourth-order valence-electron chi connectivity index (χ4n) is 3.15. The maximum absolute atomic E-state index is 11.8. The summed E-state index contributed by atoms with van der Waals surface area (Å²) in [6.45, 7) is 7.14. The largest absolute Gasteiger partial charge is 0.351 e. The highest BCUT2D eigenvalue weighted by Gasteiger charge is 2.18. The monoisotopic (exact) mass is 317 g/mol. The molecule has 1 heterocycles. The summed E-state index contributed by atoms with van der Waals surface area (Å²) in [5.41, 5.74) is 8.28. The van der Waals surface area contributed by atoms with E-state index in [9.17, 15) is 4.79 Å². The van der Waals surface area contributed by atoms with Crippen molar-refractivity contribution >= 4 is 5.91 Å². The zero-order chi connectivity index (χ0) is 16.7. The molecule has 1 fully saturated rings. The number of carbonyl (C=O) groups excluding carboxylic acids is 1. The van der Waals surface area contributed by atoms with Gasteiger partial charge in [0.1, 0.15) is 0 Å². The van der Waals surface area contributed by atoms with Gasteiger partial charge in [-0.1, -0.05) is 44.0 Å². The van der Waals surface area contributed by atoms with E-state index in [1.165, 1.54) is 31.4 Å². The Hall–Kier alpha value is -1.39. The molecule has 4 heteroatoms. The van der Waals surface area contributed by atoms with Crippen LogP contribution in [0.25, 0.3) is 0 Å². The van der Waals surface area contributed by atoms with Gasteiger partial charge >= 0.3 is 0 Å². The summed E-state index contributed by atoms with van der Waals surface area (Å²) in [6, 6.07) is 8.86. The number of benzene rings is 1. The lowest BCUT2D eigenvalue weighted by Crippen LogP contribution is -2.40. The fourth-order valence-corrected chi connectivity index (χ4v) is 3.15. The minimum Gasteiger partial charge on any atom is -0.351 e. The summed E-state index contributed by atoms with van der Waals surface area (Å²) in [5.74, 6) is -0.0573. The van der Waals surface area contributed by atoms with Crippen molar-refractivity contribution in [3.8, 4) is 0 Å². The number of likely N-dealkylation sites (tertiary alicyclic amines) is 1. The Morgan fingerprint density at radius 2 is 2.00 bits per heavy atom. The Morgan fingerprint density at radius 1 is 1.30 bits per heavy atom. The molecule has 1 saturated heterocycles. The number of hydrogen-bond donors (Lipinski definition) is 2. The summed E-state index contributed by atoms with van der Waals surface area (Å²) in [6.07, 6.45) is 5.64. The Balaban J connectivity index is 1.81. The zero-order valence-electron chi connectivity index (χ0n) is 14.6. The molecular formula is C19H31N3O. The molecule has 4 nitrogen and oxygen atoms in total. The van der Waals surface area contributed by atoms with Crippen LogP contribution >= 0.6 is 0 Å². The van der Waals surface area contributed by atoms with Crippen molar-refractivity contribution in [3.63, 3.8) is 0 Å². The molecule has 128 valence electrons. The SMILES string of the molecule is CCCC(N)C(=O)NCc1ccc(CN2CCCCC2C)cc1. The van der Waals surface area contributed by atoms with Crippen LogP contribution in [0.2, 0.25) is 0 Å². The molecule has 0 spiro atoms. The second-order valence-electron chi connectivity index (χ2n) is 6.74. The third-order valence-corrected chi connectivity index (χ3v) is 4.75. The predicted octanol–water partition coefficient (Wildman–Crippen LogP) is 2.80. The van der Waals surface area contributed by atoms with E-state index in [2.05, 4.69) is 41.4 Å². The lowest BCUT2D eigenvalue weighted by Gasteiger charge is -2.33. The summed E-state index contributed by atoms with van der Waals surface area (Å²) in [5, 5.41) is 2.92. The maximum Gasteiger partial charge on any atom is 0.237 e. The van der Waals surface area contributed by atoms with Gasteiger partial charge in [0.15, 0.2) is 0 Å². The summed E-state index contributed by atoms with van der Waals surface area (Å²) in [4.78, 5) is 14.4. The highest BCUT2D eigenvalue weighted by Crippen LogP contribution is 2.19. The van der Waals surface area contributed by atoms with Crippen molar-refractivity contribution < 1.29 is 4.79 Å². The minimum absolute atomic E-state index is 0.0573. The van der Waals surface area contributed by atoms with Crippen molar-refractivity contribution in [1.82, 2.24) is 10.2 Å². The summed E-state index contributed by atoms with van der Waals surface area (Å²) < 4.78 is 0. The molecule has 2 rings (SSSR count). The van der Waals surface area contributed by atoms with E-state index in [4.69, 9.17) is 5.73 Å². The first-order valence-corrected chi connectivity index (χ1v) is 8.95. The molecule has 0 bridgehead atoms. The van der Waals surface area contributed by atoms with Crippen LogP contribution in [0.5, 0.6) is 0 Å². The second-order valence-corrected chi connectivity index (χ2v) is 6.74. The molecule has 2 unspecified atom stereocenters. The zero-order valence-corrected chi connectivity index (χ0v) is 14.6. The van der Waals surface area contributed by atoms with Gasteiger partial charge in [0, 0.05) is 19.1 Å². The molecule has 1 amide bonds. The third-order valence-electron chi connectivity index (χ3n) is 4.75. The third kappa shape index (κ3) is 5.63. The molecule has 1 aromatic carbocycles. The van der Waals surface area contributed by atoms with E-state index in [1.54, 1.807) is 0 Å². The smallest absolute Gasteiger partial charge is 0.237 e. The van der Waals surface area contributed by atoms with Crippen LogP contribution in [0.4, 0.5) is 0 Å². The maximum atomic E-state index is 11.8. The van der Waals surface area contributed by atoms with Gasteiger partial charge in [-0.3, -0.25) is 9.69 Å². The first-order valence-electron chi connectivity index (χ1n) is 8.95. The van der Waals surface area contributed by atoms with Crippen LogP contribution < -0.4 is 11.1 Å². The van der Waals surface area contributed by atoms with Gasteiger partial charge < -0.3 is 11.1 Å². The van der Waals surface area contributed by atoms with E-state index in [-0.39, 0.29) is 11.9 Å². The topological polar surface area (TPSA) is 58.4 Å². The van der Waals surface area contributed by atoms with Crippen molar-refractivity contribution in [2.24, 2.45) is 5.73 Å². The molecule has 3 N–H and O–H groups in total. The number of hydrogen-bond acceptors (Lipinski definition) is 3. The average Bonchev–Trinajstić information content (AvgIpc) is 2.56.